The van der Waals surface area contributed by atoms with Crippen molar-refractivity contribution in [3.8, 4) is 0 Å². The number of nitrogens with zero attached hydrogens (tertiary/aromatic N) is 2. The molecule has 2 rings (SSSR count). The summed E-state index contributed by atoms with van der Waals surface area (Å²) in [5.74, 6) is -0.251. The molecule has 0 aliphatic heterocycles. The fourth-order valence-electron chi connectivity index (χ4n) is 2.08. The minimum absolute atomic E-state index is 0.00355. The van der Waals surface area contributed by atoms with Gasteiger partial charge in [0, 0.05) is 25.7 Å². The Hall–Kier alpha value is -2.40. The van der Waals surface area contributed by atoms with Crippen molar-refractivity contribution in [1.29, 1.82) is 0 Å². The van der Waals surface area contributed by atoms with Crippen molar-refractivity contribution >= 4 is 23.2 Å². The van der Waals surface area contributed by atoms with Crippen LogP contribution in [0, 0.1) is 10.1 Å². The van der Waals surface area contributed by atoms with Crippen molar-refractivity contribution in [3.05, 3.63) is 75.8 Å². The van der Waals surface area contributed by atoms with Gasteiger partial charge in [0.05, 0.1) is 4.92 Å². The van der Waals surface area contributed by atoms with E-state index in [4.69, 9.17) is 11.6 Å². The maximum absolute atomic E-state index is 12.3. The quantitative estimate of drug-likeness (QED) is 0.481. The lowest BCUT2D eigenvalue weighted by Crippen LogP contribution is -2.29. The molecular formula is C16H15ClN2O3. The minimum atomic E-state index is -0.773. The lowest BCUT2D eigenvalue weighted by atomic mass is 10.1. The van der Waals surface area contributed by atoms with Crippen LogP contribution < -0.4 is 0 Å². The number of rotatable bonds is 5. The van der Waals surface area contributed by atoms with E-state index in [0.717, 1.165) is 5.56 Å². The van der Waals surface area contributed by atoms with Gasteiger partial charge in [-0.05, 0) is 11.1 Å². The second kappa shape index (κ2) is 7.04. The summed E-state index contributed by atoms with van der Waals surface area (Å²) in [5, 5.41) is 10.00. The van der Waals surface area contributed by atoms with Gasteiger partial charge >= 0.3 is 0 Å². The van der Waals surface area contributed by atoms with Crippen LogP contribution in [0.1, 0.15) is 16.5 Å². The van der Waals surface area contributed by atoms with E-state index in [2.05, 4.69) is 0 Å². The van der Waals surface area contributed by atoms with Crippen LogP contribution in [-0.4, -0.2) is 22.8 Å². The Morgan fingerprint density at radius 3 is 2.55 bits per heavy atom. The summed E-state index contributed by atoms with van der Waals surface area (Å²) in [6.45, 7) is 0.260. The van der Waals surface area contributed by atoms with Crippen LogP contribution in [0.4, 0.5) is 5.69 Å². The second-order valence-corrected chi connectivity index (χ2v) is 5.33. The van der Waals surface area contributed by atoms with Crippen LogP contribution in [0.15, 0.2) is 54.6 Å². The van der Waals surface area contributed by atoms with Crippen LogP contribution in [0.5, 0.6) is 0 Å². The van der Waals surface area contributed by atoms with Gasteiger partial charge in [-0.2, -0.15) is 0 Å². The Morgan fingerprint density at radius 1 is 1.23 bits per heavy atom. The minimum Gasteiger partial charge on any atom is -0.340 e. The number of halogens is 1. The summed E-state index contributed by atoms with van der Waals surface area (Å²) >= 11 is 6.20. The summed E-state index contributed by atoms with van der Waals surface area (Å²) in [4.78, 5) is 24.1. The Labute approximate surface area is 133 Å². The number of benzene rings is 2. The number of nitro groups is 1. The second-order valence-electron chi connectivity index (χ2n) is 4.89. The number of carbonyl (C=O) groups excluding carboxylic acids is 1. The molecule has 114 valence electrons. The number of alkyl halides is 1. The van der Waals surface area contributed by atoms with Crippen LogP contribution in [0.2, 0.25) is 0 Å². The fraction of sp³-hybridized carbons (Fsp3) is 0.188. The maximum atomic E-state index is 12.3. The molecule has 0 bridgehead atoms. The first kappa shape index (κ1) is 16.0. The number of hydrogen-bond donors (Lipinski definition) is 0. The number of likely N-dealkylation sites (N-methyl/N-ethyl adjacent to an activating group) is 1. The van der Waals surface area contributed by atoms with E-state index in [1.165, 1.54) is 17.0 Å². The average Bonchev–Trinajstić information content (AvgIpc) is 2.54. The normalized spacial score (nSPS) is 11.7. The molecular weight excluding hydrogens is 304 g/mol. The third-order valence-corrected chi connectivity index (χ3v) is 3.67. The van der Waals surface area contributed by atoms with Gasteiger partial charge < -0.3 is 4.90 Å². The molecule has 1 atom stereocenters. The number of amides is 1. The van der Waals surface area contributed by atoms with Gasteiger partial charge in [-0.1, -0.05) is 42.5 Å². The van der Waals surface area contributed by atoms with Crippen molar-refractivity contribution in [1.82, 2.24) is 4.90 Å². The van der Waals surface area contributed by atoms with Crippen molar-refractivity contribution in [2.24, 2.45) is 0 Å². The predicted octanol–water partition coefficient (Wildman–Crippen LogP) is 3.53. The number of hydrogen-bond acceptors (Lipinski definition) is 3. The molecule has 0 aliphatic rings. The highest BCUT2D eigenvalue weighted by Crippen LogP contribution is 2.23. The molecule has 0 N–H and O–H groups in total. The van der Waals surface area contributed by atoms with Gasteiger partial charge in [-0.25, -0.2) is 0 Å². The summed E-state index contributed by atoms with van der Waals surface area (Å²) in [7, 11) is 1.62. The highest BCUT2D eigenvalue weighted by Gasteiger charge is 2.21. The summed E-state index contributed by atoms with van der Waals surface area (Å²) in [5.41, 5.74) is 1.41. The monoisotopic (exact) mass is 318 g/mol. The molecule has 0 fully saturated rings. The summed E-state index contributed by atoms with van der Waals surface area (Å²) < 4.78 is 0. The molecule has 0 radical (unpaired) electrons. The summed E-state index contributed by atoms with van der Waals surface area (Å²) in [6.07, 6.45) is 0. The summed E-state index contributed by atoms with van der Waals surface area (Å²) in [6, 6.07) is 15.3. The Bertz CT molecular complexity index is 676. The topological polar surface area (TPSA) is 63.4 Å². The Kier molecular flexibility index (Phi) is 5.12. The first-order valence-electron chi connectivity index (χ1n) is 6.66. The largest absolute Gasteiger partial charge is 0.340 e. The van der Waals surface area contributed by atoms with Crippen molar-refractivity contribution in [2.45, 2.75) is 11.9 Å². The molecule has 0 spiro atoms. The first-order valence-corrected chi connectivity index (χ1v) is 7.10. The predicted molar refractivity (Wildman–Crippen MR) is 84.6 cm³/mol. The van der Waals surface area contributed by atoms with Gasteiger partial charge in [0.25, 0.3) is 5.69 Å². The van der Waals surface area contributed by atoms with Gasteiger partial charge in [-0.3, -0.25) is 14.9 Å². The van der Waals surface area contributed by atoms with E-state index >= 15 is 0 Å². The van der Waals surface area contributed by atoms with Crippen LogP contribution >= 0.6 is 11.6 Å². The molecule has 0 aliphatic carbocycles. The van der Waals surface area contributed by atoms with Gasteiger partial charge in [0.2, 0.25) is 5.91 Å². The zero-order valence-corrected chi connectivity index (χ0v) is 12.7. The van der Waals surface area contributed by atoms with Gasteiger partial charge in [0.15, 0.2) is 0 Å². The third kappa shape index (κ3) is 3.83. The molecule has 22 heavy (non-hydrogen) atoms. The maximum Gasteiger partial charge on any atom is 0.269 e. The fourth-order valence-corrected chi connectivity index (χ4v) is 2.39. The Morgan fingerprint density at radius 2 is 1.91 bits per heavy atom. The van der Waals surface area contributed by atoms with E-state index in [-0.39, 0.29) is 18.1 Å². The van der Waals surface area contributed by atoms with Crippen molar-refractivity contribution in [2.75, 3.05) is 7.05 Å². The number of non-ortho nitro benzene ring substituents is 1. The highest BCUT2D eigenvalue weighted by molar-refractivity contribution is 6.30. The van der Waals surface area contributed by atoms with Crippen molar-refractivity contribution < 1.29 is 9.72 Å². The lowest BCUT2D eigenvalue weighted by Gasteiger charge is -2.20. The molecule has 0 saturated carbocycles. The molecule has 1 unspecified atom stereocenters. The molecule has 0 aromatic heterocycles. The highest BCUT2D eigenvalue weighted by atomic mass is 35.5. The van der Waals surface area contributed by atoms with Crippen LogP contribution in [0.25, 0.3) is 0 Å². The van der Waals surface area contributed by atoms with Crippen LogP contribution in [-0.2, 0) is 11.3 Å². The van der Waals surface area contributed by atoms with E-state index in [9.17, 15) is 14.9 Å². The molecule has 6 heteroatoms. The van der Waals surface area contributed by atoms with Gasteiger partial charge in [0.1, 0.15) is 5.38 Å². The molecule has 2 aromatic carbocycles. The van der Waals surface area contributed by atoms with E-state index in [0.29, 0.717) is 5.56 Å². The van der Waals surface area contributed by atoms with Crippen molar-refractivity contribution in [3.63, 3.8) is 0 Å². The molecule has 2 aromatic rings. The van der Waals surface area contributed by atoms with E-state index in [1.54, 1.807) is 31.3 Å². The van der Waals surface area contributed by atoms with Crippen LogP contribution in [0.3, 0.4) is 0 Å². The molecule has 1 amide bonds. The zero-order chi connectivity index (χ0) is 16.1. The molecule has 5 nitrogen and oxygen atoms in total. The molecule has 0 heterocycles. The first-order chi connectivity index (χ1) is 10.5. The van der Waals surface area contributed by atoms with E-state index < -0.39 is 10.3 Å². The average molecular weight is 319 g/mol. The number of carbonyl (C=O) groups is 1. The van der Waals surface area contributed by atoms with Gasteiger partial charge in [-0.15, -0.1) is 11.6 Å². The zero-order valence-electron chi connectivity index (χ0n) is 12.0. The molecule has 0 saturated heterocycles. The number of nitro benzene ring substituents is 1. The third-order valence-electron chi connectivity index (χ3n) is 3.23. The SMILES string of the molecule is CN(Cc1cccc([N+](=O)[O-])c1)C(=O)C(Cl)c1ccccc1. The standard InChI is InChI=1S/C16H15ClN2O3/c1-18(11-12-6-5-9-14(10-12)19(21)22)16(20)15(17)13-7-3-2-4-8-13/h2-10,15H,11H2,1H3. The lowest BCUT2D eigenvalue weighted by molar-refractivity contribution is -0.384. The van der Waals surface area contributed by atoms with E-state index in [1.807, 2.05) is 18.2 Å². The Balaban J connectivity index is 2.08. The smallest absolute Gasteiger partial charge is 0.269 e.